The van der Waals surface area contributed by atoms with Crippen LogP contribution in [-0.4, -0.2) is 22.1 Å². The molecule has 0 saturated heterocycles. The van der Waals surface area contributed by atoms with Crippen molar-refractivity contribution in [2.45, 2.75) is 27.4 Å². The van der Waals surface area contributed by atoms with Crippen LogP contribution in [0.25, 0.3) is 12.2 Å². The molecule has 0 aliphatic carbocycles. The molecule has 0 atom stereocenters. The number of nitrogens with zero attached hydrogens (tertiary/aromatic N) is 3. The molecule has 3 rings (SSSR count). The van der Waals surface area contributed by atoms with Crippen molar-refractivity contribution in [2.75, 3.05) is 12.4 Å². The molecule has 2 aromatic heterocycles. The van der Waals surface area contributed by atoms with Gasteiger partial charge in [0, 0.05) is 34.7 Å². The van der Waals surface area contributed by atoms with Crippen LogP contribution in [-0.2, 0) is 16.1 Å². The molecule has 1 aromatic carbocycles. The zero-order valence-electron chi connectivity index (χ0n) is 18.0. The molecule has 0 spiro atoms. The van der Waals surface area contributed by atoms with E-state index in [-0.39, 0.29) is 0 Å². The van der Waals surface area contributed by atoms with Gasteiger partial charge in [-0.05, 0) is 68.3 Å². The Morgan fingerprint density at radius 3 is 2.55 bits per heavy atom. The monoisotopic (exact) mass is 436 g/mol. The number of methoxy groups -OCH3 is 1. The maximum absolute atomic E-state index is 6.15. The topological polar surface area (TPSA) is 69.2 Å². The van der Waals surface area contributed by atoms with E-state index in [0.29, 0.717) is 23.1 Å². The number of aromatic nitrogens is 3. The normalized spacial score (nSPS) is 11.9. The van der Waals surface area contributed by atoms with Gasteiger partial charge in [0.2, 0.25) is 0 Å². The number of nitrogens with one attached hydrogen (secondary N) is 1. The third kappa shape index (κ3) is 6.30. The Bertz CT molecular complexity index is 1100. The average Bonchev–Trinajstić information content (AvgIpc) is 2.77. The van der Waals surface area contributed by atoms with E-state index in [1.54, 1.807) is 19.5 Å². The highest BCUT2D eigenvalue weighted by Gasteiger charge is 2.11. The quantitative estimate of drug-likeness (QED) is 0.426. The van der Waals surface area contributed by atoms with Crippen molar-refractivity contribution in [2.24, 2.45) is 0 Å². The number of aryl methyl sites for hydroxylation is 1. The van der Waals surface area contributed by atoms with Crippen molar-refractivity contribution in [3.05, 3.63) is 88.0 Å². The molecule has 1 N–H and O–H groups in total. The van der Waals surface area contributed by atoms with Crippen molar-refractivity contribution in [3.63, 3.8) is 0 Å². The molecule has 0 fully saturated rings. The van der Waals surface area contributed by atoms with Crippen LogP contribution in [0.15, 0.2) is 60.6 Å². The highest BCUT2D eigenvalue weighted by Crippen LogP contribution is 2.27. The van der Waals surface area contributed by atoms with E-state index in [4.69, 9.17) is 21.1 Å². The summed E-state index contributed by atoms with van der Waals surface area (Å²) in [7, 11) is 1.63. The molecule has 6 nitrogen and oxygen atoms in total. The van der Waals surface area contributed by atoms with Gasteiger partial charge in [-0.25, -0.2) is 9.97 Å². The molecule has 160 valence electrons. The summed E-state index contributed by atoms with van der Waals surface area (Å²) in [5, 5.41) is 4.07. The minimum atomic E-state index is 0.452. The second kappa shape index (κ2) is 10.6. The Hall–Kier alpha value is -3.38. The second-order valence-corrected chi connectivity index (χ2v) is 7.38. The van der Waals surface area contributed by atoms with Gasteiger partial charge in [0.15, 0.2) is 0 Å². The van der Waals surface area contributed by atoms with Gasteiger partial charge >= 0.3 is 0 Å². The van der Waals surface area contributed by atoms with E-state index >= 15 is 0 Å². The zero-order valence-corrected chi connectivity index (χ0v) is 18.8. The minimum Gasteiger partial charge on any atom is -0.501 e. The lowest BCUT2D eigenvalue weighted by Gasteiger charge is -2.13. The van der Waals surface area contributed by atoms with Gasteiger partial charge in [-0.15, -0.1) is 0 Å². The van der Waals surface area contributed by atoms with Gasteiger partial charge in [0.1, 0.15) is 18.8 Å². The number of ether oxygens (including phenoxy) is 2. The van der Waals surface area contributed by atoms with Crippen LogP contribution in [0.3, 0.4) is 0 Å². The summed E-state index contributed by atoms with van der Waals surface area (Å²) in [5.74, 6) is 2.12. The third-order valence-electron chi connectivity index (χ3n) is 4.56. The SMILES string of the molecule is CO/C(C)=C/c1c(/C=C(\C)OCc2ccncc2)ncnc1Nc1ccc(Cl)c(C)c1. The van der Waals surface area contributed by atoms with E-state index in [0.717, 1.165) is 33.9 Å². The average molecular weight is 437 g/mol. The van der Waals surface area contributed by atoms with Crippen LogP contribution < -0.4 is 5.32 Å². The molecule has 0 amide bonds. The summed E-state index contributed by atoms with van der Waals surface area (Å²) in [6, 6.07) is 9.58. The molecule has 0 bridgehead atoms. The van der Waals surface area contributed by atoms with E-state index < -0.39 is 0 Å². The first-order chi connectivity index (χ1) is 15.0. The highest BCUT2D eigenvalue weighted by atomic mass is 35.5. The van der Waals surface area contributed by atoms with Crippen LogP contribution in [0.5, 0.6) is 0 Å². The molecule has 0 aliphatic rings. The Balaban J connectivity index is 1.91. The number of halogens is 1. The molecular weight excluding hydrogens is 412 g/mol. The molecule has 3 aromatic rings. The van der Waals surface area contributed by atoms with Crippen LogP contribution in [0.1, 0.15) is 36.2 Å². The fourth-order valence-corrected chi connectivity index (χ4v) is 2.92. The first kappa shape index (κ1) is 22.3. The fourth-order valence-electron chi connectivity index (χ4n) is 2.80. The van der Waals surface area contributed by atoms with E-state index in [9.17, 15) is 0 Å². The molecule has 2 heterocycles. The summed E-state index contributed by atoms with van der Waals surface area (Å²) in [4.78, 5) is 12.9. The smallest absolute Gasteiger partial charge is 0.141 e. The van der Waals surface area contributed by atoms with Crippen molar-refractivity contribution < 1.29 is 9.47 Å². The molecule has 7 heteroatoms. The van der Waals surface area contributed by atoms with Crippen LogP contribution in [0, 0.1) is 6.92 Å². The Morgan fingerprint density at radius 1 is 1.06 bits per heavy atom. The van der Waals surface area contributed by atoms with Crippen molar-refractivity contribution >= 4 is 35.3 Å². The molecule has 0 unspecified atom stereocenters. The standard InChI is InChI=1S/C24H25ClN4O2/c1-16-11-20(5-6-22(16)25)29-24-21(12-17(2)30-4)23(27-15-28-24)13-18(3)31-14-19-7-9-26-10-8-19/h5-13,15H,14H2,1-4H3,(H,27,28,29)/b17-12+,18-13+. The van der Waals surface area contributed by atoms with E-state index in [1.165, 1.54) is 6.33 Å². The van der Waals surface area contributed by atoms with Gasteiger partial charge in [0.25, 0.3) is 0 Å². The summed E-state index contributed by atoms with van der Waals surface area (Å²) >= 11 is 6.15. The number of anilines is 2. The van der Waals surface area contributed by atoms with Crippen molar-refractivity contribution in [3.8, 4) is 0 Å². The maximum Gasteiger partial charge on any atom is 0.141 e. The highest BCUT2D eigenvalue weighted by molar-refractivity contribution is 6.31. The Kier molecular flexibility index (Phi) is 7.62. The predicted molar refractivity (Wildman–Crippen MR) is 125 cm³/mol. The number of pyridine rings is 1. The lowest BCUT2D eigenvalue weighted by atomic mass is 10.1. The van der Waals surface area contributed by atoms with Crippen LogP contribution >= 0.6 is 11.6 Å². The largest absolute Gasteiger partial charge is 0.501 e. The Morgan fingerprint density at radius 2 is 1.84 bits per heavy atom. The number of hydrogen-bond acceptors (Lipinski definition) is 6. The fraction of sp³-hybridized carbons (Fsp3) is 0.208. The van der Waals surface area contributed by atoms with E-state index in [1.807, 2.05) is 63.3 Å². The third-order valence-corrected chi connectivity index (χ3v) is 4.98. The van der Waals surface area contributed by atoms with Gasteiger partial charge in [-0.3, -0.25) is 4.98 Å². The van der Waals surface area contributed by atoms with Gasteiger partial charge in [-0.1, -0.05) is 11.6 Å². The zero-order chi connectivity index (χ0) is 22.2. The first-order valence-corrected chi connectivity index (χ1v) is 10.1. The summed E-state index contributed by atoms with van der Waals surface area (Å²) in [6.07, 6.45) is 8.79. The molecule has 0 saturated carbocycles. The van der Waals surface area contributed by atoms with Crippen molar-refractivity contribution in [1.82, 2.24) is 15.0 Å². The molecule has 0 aliphatic heterocycles. The number of rotatable bonds is 8. The summed E-state index contributed by atoms with van der Waals surface area (Å²) in [5.41, 5.74) is 4.41. The Labute approximate surface area is 187 Å². The van der Waals surface area contributed by atoms with Gasteiger partial charge < -0.3 is 14.8 Å². The first-order valence-electron chi connectivity index (χ1n) is 9.76. The van der Waals surface area contributed by atoms with Gasteiger partial charge in [0.05, 0.1) is 24.3 Å². The summed E-state index contributed by atoms with van der Waals surface area (Å²) in [6.45, 7) is 6.19. The number of allylic oxidation sites excluding steroid dienone is 2. The summed E-state index contributed by atoms with van der Waals surface area (Å²) < 4.78 is 11.3. The number of hydrogen-bond donors (Lipinski definition) is 1. The maximum atomic E-state index is 6.15. The van der Waals surface area contributed by atoms with Gasteiger partial charge in [-0.2, -0.15) is 0 Å². The second-order valence-electron chi connectivity index (χ2n) is 6.97. The van der Waals surface area contributed by atoms with E-state index in [2.05, 4.69) is 20.3 Å². The molecular formula is C24H25ClN4O2. The van der Waals surface area contributed by atoms with Crippen LogP contribution in [0.2, 0.25) is 5.02 Å². The van der Waals surface area contributed by atoms with Crippen LogP contribution in [0.4, 0.5) is 11.5 Å². The minimum absolute atomic E-state index is 0.452. The lowest BCUT2D eigenvalue weighted by Crippen LogP contribution is -2.02. The lowest BCUT2D eigenvalue weighted by molar-refractivity contribution is 0.204. The molecule has 0 radical (unpaired) electrons. The number of benzene rings is 1. The predicted octanol–water partition coefficient (Wildman–Crippen LogP) is 6.16. The van der Waals surface area contributed by atoms with Crippen molar-refractivity contribution in [1.29, 1.82) is 0 Å². The molecule has 31 heavy (non-hydrogen) atoms.